The van der Waals surface area contributed by atoms with Gasteiger partial charge in [-0.25, -0.2) is 0 Å². The number of pyridine rings is 1. The van der Waals surface area contributed by atoms with Gasteiger partial charge in [-0.3, -0.25) is 14.9 Å². The number of benzene rings is 1. The Hall–Kier alpha value is -2.59. The van der Waals surface area contributed by atoms with Crippen LogP contribution >= 0.6 is 0 Å². The van der Waals surface area contributed by atoms with Crippen molar-refractivity contribution in [2.24, 2.45) is 0 Å². The van der Waals surface area contributed by atoms with Crippen LogP contribution in [0.3, 0.4) is 0 Å². The molecule has 2 aromatic rings. The van der Waals surface area contributed by atoms with Gasteiger partial charge in [-0.05, 0) is 12.1 Å². The van der Waals surface area contributed by atoms with Gasteiger partial charge >= 0.3 is 0 Å². The number of hydrogen-bond donors (Lipinski definition) is 0. The van der Waals surface area contributed by atoms with Crippen molar-refractivity contribution in [2.45, 2.75) is 6.54 Å². The summed E-state index contributed by atoms with van der Waals surface area (Å²) in [6.45, 7) is 0.115. The smallest absolute Gasteiger partial charge is 0.269 e. The van der Waals surface area contributed by atoms with Crippen LogP contribution in [0.25, 0.3) is 0 Å². The van der Waals surface area contributed by atoms with Crippen LogP contribution in [-0.2, 0) is 6.54 Å². The summed E-state index contributed by atoms with van der Waals surface area (Å²) >= 11 is 0. The quantitative estimate of drug-likeness (QED) is 0.296. The van der Waals surface area contributed by atoms with Crippen molar-refractivity contribution in [3.05, 3.63) is 70.0 Å². The van der Waals surface area contributed by atoms with Crippen molar-refractivity contribution < 1.29 is 31.3 Å². The van der Waals surface area contributed by atoms with Crippen molar-refractivity contribution in [1.82, 2.24) is 0 Å². The molecule has 21 heavy (non-hydrogen) atoms. The number of nitriles is 1. The first kappa shape index (κ1) is 16.5. The lowest BCUT2D eigenvalue weighted by molar-refractivity contribution is -0.683. The summed E-state index contributed by atoms with van der Waals surface area (Å²) in [4.78, 5) is 22.0. The second-order valence-electron chi connectivity index (χ2n) is 4.10. The fourth-order valence-electron chi connectivity index (χ4n) is 1.66. The van der Waals surface area contributed by atoms with Gasteiger partial charge in [0.1, 0.15) is 0 Å². The van der Waals surface area contributed by atoms with Crippen LogP contribution in [0.4, 0.5) is 5.69 Å². The van der Waals surface area contributed by atoms with E-state index in [4.69, 9.17) is 5.26 Å². The number of carbonyl (C=O) groups excluding carboxylic acids is 1. The summed E-state index contributed by atoms with van der Waals surface area (Å²) in [7, 11) is 0. The molecule has 0 N–H and O–H groups in total. The van der Waals surface area contributed by atoms with Gasteiger partial charge in [-0.15, -0.1) is 0 Å². The molecule has 0 aliphatic rings. The van der Waals surface area contributed by atoms with E-state index < -0.39 is 4.92 Å². The van der Waals surface area contributed by atoms with Crippen molar-refractivity contribution in [3.8, 4) is 6.07 Å². The highest BCUT2D eigenvalue weighted by atomic mass is 79.9. The fraction of sp³-hybridized carbons (Fsp3) is 0.0714. The number of hydrogen-bond acceptors (Lipinski definition) is 4. The molecule has 106 valence electrons. The third-order valence-electron chi connectivity index (χ3n) is 2.75. The molecule has 0 unspecified atom stereocenters. The molecule has 2 rings (SSSR count). The lowest BCUT2D eigenvalue weighted by Gasteiger charge is -1.98. The molecule has 0 radical (unpaired) electrons. The maximum absolute atomic E-state index is 12.0. The maximum Gasteiger partial charge on any atom is 0.269 e. The van der Waals surface area contributed by atoms with Crippen molar-refractivity contribution >= 4 is 11.5 Å². The number of non-ortho nitro benzene ring substituents is 1. The van der Waals surface area contributed by atoms with Crippen LogP contribution in [0.15, 0.2) is 48.8 Å². The molecule has 0 fully saturated rings. The highest BCUT2D eigenvalue weighted by Crippen LogP contribution is 2.12. The van der Waals surface area contributed by atoms with E-state index in [0.717, 1.165) is 0 Å². The molecule has 0 aliphatic carbocycles. The molecule has 1 aromatic carbocycles. The minimum Gasteiger partial charge on any atom is -1.00 e. The van der Waals surface area contributed by atoms with E-state index in [1.165, 1.54) is 24.3 Å². The van der Waals surface area contributed by atoms with E-state index in [2.05, 4.69) is 0 Å². The molecule has 0 atom stereocenters. The third kappa shape index (κ3) is 4.19. The molecule has 1 heterocycles. The van der Waals surface area contributed by atoms with E-state index in [0.29, 0.717) is 11.1 Å². The van der Waals surface area contributed by atoms with Crippen molar-refractivity contribution in [3.63, 3.8) is 0 Å². The zero-order chi connectivity index (χ0) is 14.5. The molecular weight excluding hydrogens is 338 g/mol. The van der Waals surface area contributed by atoms with Crippen LogP contribution < -0.4 is 21.5 Å². The van der Waals surface area contributed by atoms with E-state index in [1.54, 1.807) is 29.1 Å². The van der Waals surface area contributed by atoms with Crippen LogP contribution in [0.2, 0.25) is 0 Å². The van der Waals surface area contributed by atoms with Crippen LogP contribution in [0.1, 0.15) is 15.9 Å². The average Bonchev–Trinajstić information content (AvgIpc) is 2.48. The number of nitrogens with zero attached hydrogens (tertiary/aromatic N) is 3. The monoisotopic (exact) mass is 347 g/mol. The Bertz CT molecular complexity index is 691. The van der Waals surface area contributed by atoms with Gasteiger partial charge in [-0.1, -0.05) is 0 Å². The van der Waals surface area contributed by atoms with Crippen LogP contribution in [-0.4, -0.2) is 10.7 Å². The normalized spacial score (nSPS) is 9.29. The molecule has 1 aromatic heterocycles. The largest absolute Gasteiger partial charge is 1.00 e. The minimum atomic E-state index is -0.510. The molecule has 6 nitrogen and oxygen atoms in total. The number of carbonyl (C=O) groups is 1. The Morgan fingerprint density at radius 1 is 1.19 bits per heavy atom. The summed E-state index contributed by atoms with van der Waals surface area (Å²) < 4.78 is 1.64. The second-order valence-corrected chi connectivity index (χ2v) is 4.10. The SMILES string of the molecule is N#Cc1cc[n+](CC(=O)c2ccc([N+](=O)[O-])cc2)cc1.[Br-]. The first-order valence-electron chi connectivity index (χ1n) is 5.77. The average molecular weight is 348 g/mol. The van der Waals surface area contributed by atoms with Gasteiger partial charge < -0.3 is 17.0 Å². The minimum absolute atomic E-state index is 0. The number of nitro benzene ring substituents is 1. The summed E-state index contributed by atoms with van der Waals surface area (Å²) in [5.41, 5.74) is 0.879. The zero-order valence-corrected chi connectivity index (χ0v) is 12.4. The Kier molecular flexibility index (Phi) is 5.69. The predicted octanol–water partition coefficient (Wildman–Crippen LogP) is -1.36. The van der Waals surface area contributed by atoms with Gasteiger partial charge in [0.05, 0.1) is 16.6 Å². The van der Waals surface area contributed by atoms with E-state index in [9.17, 15) is 14.9 Å². The second kappa shape index (κ2) is 7.26. The van der Waals surface area contributed by atoms with E-state index in [-0.39, 0.29) is 35.0 Å². The molecule has 7 heteroatoms. The molecule has 0 spiro atoms. The highest BCUT2D eigenvalue weighted by Gasteiger charge is 2.13. The van der Waals surface area contributed by atoms with Crippen molar-refractivity contribution in [1.29, 1.82) is 5.26 Å². The van der Waals surface area contributed by atoms with Crippen LogP contribution in [0, 0.1) is 21.4 Å². The van der Waals surface area contributed by atoms with E-state index >= 15 is 0 Å². The molecule has 0 aliphatic heterocycles. The molecule has 0 saturated carbocycles. The fourth-order valence-corrected chi connectivity index (χ4v) is 1.66. The number of halogens is 1. The van der Waals surface area contributed by atoms with Gasteiger partial charge in [0.2, 0.25) is 12.3 Å². The van der Waals surface area contributed by atoms with E-state index in [1.807, 2.05) is 6.07 Å². The topological polar surface area (TPSA) is 87.9 Å². The van der Waals surface area contributed by atoms with Gasteiger partial charge in [-0.2, -0.15) is 9.83 Å². The van der Waals surface area contributed by atoms with Gasteiger partial charge in [0, 0.05) is 29.8 Å². The summed E-state index contributed by atoms with van der Waals surface area (Å²) in [6.07, 6.45) is 3.28. The summed E-state index contributed by atoms with van der Waals surface area (Å²) in [5, 5.41) is 19.2. The molecular formula is C14H10BrN3O3. The first-order valence-corrected chi connectivity index (χ1v) is 5.77. The lowest BCUT2D eigenvalue weighted by Crippen LogP contribution is -3.00. The number of aromatic nitrogens is 1. The predicted molar refractivity (Wildman–Crippen MR) is 68.8 cm³/mol. The lowest BCUT2D eigenvalue weighted by atomic mass is 10.1. The van der Waals surface area contributed by atoms with Gasteiger partial charge in [0.25, 0.3) is 5.69 Å². The van der Waals surface area contributed by atoms with Gasteiger partial charge in [0.15, 0.2) is 12.4 Å². The van der Waals surface area contributed by atoms with Crippen LogP contribution in [0.5, 0.6) is 0 Å². The summed E-state index contributed by atoms with van der Waals surface area (Å²) in [5.74, 6) is -0.158. The highest BCUT2D eigenvalue weighted by molar-refractivity contribution is 5.95. The number of ketones is 1. The summed E-state index contributed by atoms with van der Waals surface area (Å²) in [6, 6.07) is 10.7. The Morgan fingerprint density at radius 3 is 2.24 bits per heavy atom. The van der Waals surface area contributed by atoms with Crippen molar-refractivity contribution in [2.75, 3.05) is 0 Å². The maximum atomic E-state index is 12.0. The standard InChI is InChI=1S/C14H10N3O3.BrH/c15-9-11-5-7-16(8-6-11)10-14(18)12-1-3-13(4-2-12)17(19)20;/h1-8H,10H2;1H/q+1;/p-1. The third-order valence-corrected chi connectivity index (χ3v) is 2.75. The first-order chi connectivity index (χ1) is 9.60. The molecule has 0 bridgehead atoms. The Morgan fingerprint density at radius 2 is 1.76 bits per heavy atom. The Labute approximate surface area is 131 Å². The number of rotatable bonds is 4. The number of nitro groups is 1. The Balaban J connectivity index is 0.00000220. The molecule has 0 saturated heterocycles. The number of Topliss-reactive ketones (excluding diaryl/α,β-unsaturated/α-hetero) is 1. The zero-order valence-electron chi connectivity index (χ0n) is 10.8. The molecule has 0 amide bonds.